The van der Waals surface area contributed by atoms with Gasteiger partial charge in [-0.25, -0.2) is 0 Å². The van der Waals surface area contributed by atoms with Crippen LogP contribution in [-0.2, 0) is 20.2 Å². The summed E-state index contributed by atoms with van der Waals surface area (Å²) in [5, 5.41) is 4.70. The molecule has 90 valence electrons. The van der Waals surface area contributed by atoms with Gasteiger partial charge in [0.2, 0.25) is 0 Å². The molecular formula is C12H14ClN3O. The summed E-state index contributed by atoms with van der Waals surface area (Å²) in [6.45, 7) is 0.916. The number of benzene rings is 1. The van der Waals surface area contributed by atoms with Gasteiger partial charge in [0.05, 0.1) is 12.4 Å². The van der Waals surface area contributed by atoms with Gasteiger partial charge in [0.1, 0.15) is 6.61 Å². The van der Waals surface area contributed by atoms with Crippen molar-refractivity contribution in [3.8, 4) is 5.75 Å². The van der Waals surface area contributed by atoms with Crippen LogP contribution in [0, 0.1) is 0 Å². The van der Waals surface area contributed by atoms with Gasteiger partial charge in [0.15, 0.2) is 5.75 Å². The highest BCUT2D eigenvalue weighted by Crippen LogP contribution is 2.20. The molecular weight excluding hydrogens is 238 g/mol. The minimum atomic E-state index is 0.426. The van der Waals surface area contributed by atoms with Crippen LogP contribution in [0.15, 0.2) is 30.6 Å². The van der Waals surface area contributed by atoms with E-state index in [-0.39, 0.29) is 0 Å². The molecule has 0 saturated heterocycles. The second-order valence-corrected chi connectivity index (χ2v) is 4.18. The molecule has 4 nitrogen and oxygen atoms in total. The van der Waals surface area contributed by atoms with Gasteiger partial charge < -0.3 is 10.5 Å². The van der Waals surface area contributed by atoms with Crippen LogP contribution >= 0.6 is 11.6 Å². The number of nitrogens with two attached hydrogens (primary N) is 1. The highest BCUT2D eigenvalue weighted by Gasteiger charge is 2.03. The summed E-state index contributed by atoms with van der Waals surface area (Å²) in [5.41, 5.74) is 7.49. The summed E-state index contributed by atoms with van der Waals surface area (Å²) >= 11 is 6.12. The number of nitrogens with zero attached hydrogens (tertiary/aromatic N) is 2. The van der Waals surface area contributed by atoms with Gasteiger partial charge in [-0.2, -0.15) is 5.10 Å². The van der Waals surface area contributed by atoms with Crippen molar-refractivity contribution in [3.05, 3.63) is 46.7 Å². The molecule has 2 N–H and O–H groups in total. The zero-order chi connectivity index (χ0) is 12.3. The van der Waals surface area contributed by atoms with Gasteiger partial charge >= 0.3 is 0 Å². The molecule has 2 aromatic rings. The lowest BCUT2D eigenvalue weighted by Gasteiger charge is -2.07. The number of halogens is 1. The Morgan fingerprint density at radius 2 is 2.29 bits per heavy atom. The van der Waals surface area contributed by atoms with Gasteiger partial charge in [-0.3, -0.25) is 4.68 Å². The fraction of sp³-hybridized carbons (Fsp3) is 0.250. The normalized spacial score (nSPS) is 10.5. The van der Waals surface area contributed by atoms with Crippen LogP contribution in [0.25, 0.3) is 0 Å². The first-order chi connectivity index (χ1) is 8.19. The van der Waals surface area contributed by atoms with E-state index in [0.717, 1.165) is 16.9 Å². The summed E-state index contributed by atoms with van der Waals surface area (Å²) in [6.07, 6.45) is 3.48. The molecule has 0 amide bonds. The van der Waals surface area contributed by atoms with Gasteiger partial charge in [-0.1, -0.05) is 23.7 Å². The van der Waals surface area contributed by atoms with Crippen LogP contribution in [0.3, 0.4) is 0 Å². The van der Waals surface area contributed by atoms with Crippen LogP contribution in [0.4, 0.5) is 0 Å². The van der Waals surface area contributed by atoms with Crippen molar-refractivity contribution in [2.24, 2.45) is 12.8 Å². The number of hydrogen-bond acceptors (Lipinski definition) is 3. The zero-order valence-corrected chi connectivity index (χ0v) is 10.3. The molecule has 0 spiro atoms. The second kappa shape index (κ2) is 5.21. The number of ether oxygens (including phenoxy) is 1. The van der Waals surface area contributed by atoms with Gasteiger partial charge in [-0.15, -0.1) is 0 Å². The maximum Gasteiger partial charge on any atom is 0.157 e. The lowest BCUT2D eigenvalue weighted by atomic mass is 10.1. The van der Waals surface area contributed by atoms with Crippen LogP contribution in [-0.4, -0.2) is 9.78 Å². The minimum absolute atomic E-state index is 0.426. The molecule has 1 heterocycles. The second-order valence-electron chi connectivity index (χ2n) is 3.77. The molecule has 0 bridgehead atoms. The number of hydrogen-bond donors (Lipinski definition) is 1. The third kappa shape index (κ3) is 2.99. The Labute approximate surface area is 105 Å². The first-order valence-electron chi connectivity index (χ1n) is 5.28. The third-order valence-electron chi connectivity index (χ3n) is 2.43. The Morgan fingerprint density at radius 3 is 2.88 bits per heavy atom. The average molecular weight is 252 g/mol. The van der Waals surface area contributed by atoms with Crippen molar-refractivity contribution in [1.82, 2.24) is 9.78 Å². The third-order valence-corrected chi connectivity index (χ3v) is 2.78. The van der Waals surface area contributed by atoms with Crippen LogP contribution in [0.2, 0.25) is 5.02 Å². The van der Waals surface area contributed by atoms with E-state index in [4.69, 9.17) is 22.1 Å². The number of rotatable bonds is 4. The van der Waals surface area contributed by atoms with Gasteiger partial charge in [0, 0.05) is 24.2 Å². The van der Waals surface area contributed by atoms with Crippen LogP contribution in [0.1, 0.15) is 11.1 Å². The van der Waals surface area contributed by atoms with Crippen molar-refractivity contribution >= 4 is 11.6 Å². The maximum absolute atomic E-state index is 6.12. The molecule has 0 aliphatic rings. The summed E-state index contributed by atoms with van der Waals surface area (Å²) in [4.78, 5) is 0. The van der Waals surface area contributed by atoms with Gasteiger partial charge in [-0.05, 0) is 11.6 Å². The fourth-order valence-corrected chi connectivity index (χ4v) is 1.73. The highest BCUT2D eigenvalue weighted by atomic mass is 35.5. The molecule has 1 aromatic carbocycles. The van der Waals surface area contributed by atoms with E-state index < -0.39 is 0 Å². The molecule has 0 fully saturated rings. The summed E-state index contributed by atoms with van der Waals surface area (Å²) < 4.78 is 7.26. The monoisotopic (exact) mass is 251 g/mol. The van der Waals surface area contributed by atoms with E-state index in [1.807, 2.05) is 31.4 Å². The Kier molecular flexibility index (Phi) is 3.66. The van der Waals surface area contributed by atoms with Crippen molar-refractivity contribution in [2.75, 3.05) is 0 Å². The van der Waals surface area contributed by atoms with E-state index in [9.17, 15) is 0 Å². The summed E-state index contributed by atoms with van der Waals surface area (Å²) in [7, 11) is 1.84. The van der Waals surface area contributed by atoms with Gasteiger partial charge in [0.25, 0.3) is 0 Å². The molecule has 17 heavy (non-hydrogen) atoms. The number of aromatic nitrogens is 2. The Bertz CT molecular complexity index is 510. The van der Waals surface area contributed by atoms with Crippen molar-refractivity contribution in [1.29, 1.82) is 0 Å². The predicted octanol–water partition coefficient (Wildman–Crippen LogP) is 2.11. The predicted molar refractivity (Wildman–Crippen MR) is 66.9 cm³/mol. The highest BCUT2D eigenvalue weighted by molar-refractivity contribution is 6.31. The largest absolute Gasteiger partial charge is 0.486 e. The maximum atomic E-state index is 6.12. The molecule has 0 atom stereocenters. The standard InChI is InChI=1S/C12H14ClN3O/c1-16-7-11(6-15-16)17-8-10-3-2-9(5-14)4-12(10)13/h2-4,6-7H,5,8,14H2,1H3. The SMILES string of the molecule is Cn1cc(OCc2ccc(CN)cc2Cl)cn1. The number of aryl methyl sites for hydroxylation is 1. The zero-order valence-electron chi connectivity index (χ0n) is 9.56. The minimum Gasteiger partial charge on any atom is -0.486 e. The van der Waals surface area contributed by atoms with E-state index in [1.54, 1.807) is 10.9 Å². The molecule has 0 saturated carbocycles. The lowest BCUT2D eigenvalue weighted by molar-refractivity contribution is 0.306. The topological polar surface area (TPSA) is 53.1 Å². The molecule has 0 aliphatic carbocycles. The average Bonchev–Trinajstić information content (AvgIpc) is 2.73. The van der Waals surface area contributed by atoms with E-state index >= 15 is 0 Å². The van der Waals surface area contributed by atoms with E-state index in [1.165, 1.54) is 0 Å². The van der Waals surface area contributed by atoms with E-state index in [2.05, 4.69) is 5.10 Å². The molecule has 0 unspecified atom stereocenters. The smallest absolute Gasteiger partial charge is 0.157 e. The Morgan fingerprint density at radius 1 is 1.47 bits per heavy atom. The molecule has 5 heteroatoms. The van der Waals surface area contributed by atoms with Crippen LogP contribution in [0.5, 0.6) is 5.75 Å². The lowest BCUT2D eigenvalue weighted by Crippen LogP contribution is -1.99. The quantitative estimate of drug-likeness (QED) is 0.906. The first-order valence-corrected chi connectivity index (χ1v) is 5.65. The van der Waals surface area contributed by atoms with Crippen molar-refractivity contribution in [2.45, 2.75) is 13.2 Å². The first kappa shape index (κ1) is 12.0. The van der Waals surface area contributed by atoms with Crippen LogP contribution < -0.4 is 10.5 Å². The Balaban J connectivity index is 2.04. The molecule has 2 rings (SSSR count). The summed E-state index contributed by atoms with van der Waals surface area (Å²) in [6, 6.07) is 5.75. The molecule has 0 aliphatic heterocycles. The summed E-state index contributed by atoms with van der Waals surface area (Å²) in [5.74, 6) is 0.728. The Hall–Kier alpha value is -1.52. The van der Waals surface area contributed by atoms with Crippen molar-refractivity contribution in [3.63, 3.8) is 0 Å². The molecule has 0 radical (unpaired) electrons. The fourth-order valence-electron chi connectivity index (χ4n) is 1.47. The molecule has 1 aromatic heterocycles. The van der Waals surface area contributed by atoms with Crippen molar-refractivity contribution < 1.29 is 4.74 Å². The van der Waals surface area contributed by atoms with E-state index in [0.29, 0.717) is 18.2 Å².